The summed E-state index contributed by atoms with van der Waals surface area (Å²) in [6.45, 7) is 4.99. The molecule has 4 nitrogen and oxygen atoms in total. The third-order valence-corrected chi connectivity index (χ3v) is 4.41. The van der Waals surface area contributed by atoms with Gasteiger partial charge in [0.2, 0.25) is 10.0 Å². The Labute approximate surface area is 118 Å². The van der Waals surface area contributed by atoms with E-state index in [2.05, 4.69) is 10.0 Å². The highest BCUT2D eigenvalue weighted by atomic mass is 35.5. The molecule has 0 fully saturated rings. The van der Waals surface area contributed by atoms with Crippen LogP contribution >= 0.6 is 11.6 Å². The van der Waals surface area contributed by atoms with Gasteiger partial charge in [0.05, 0.1) is 9.92 Å². The summed E-state index contributed by atoms with van der Waals surface area (Å²) in [7, 11) is -3.68. The first-order chi connectivity index (χ1) is 8.92. The van der Waals surface area contributed by atoms with Crippen LogP contribution in [0.15, 0.2) is 17.0 Å². The molecule has 0 radical (unpaired) electrons. The molecule has 1 aromatic carbocycles. The molecule has 0 atom stereocenters. The van der Waals surface area contributed by atoms with Crippen LogP contribution in [-0.4, -0.2) is 21.5 Å². The number of nitrogens with one attached hydrogen (secondary N) is 2. The molecule has 0 unspecified atom stereocenters. The van der Waals surface area contributed by atoms with Gasteiger partial charge in [-0.25, -0.2) is 17.5 Å². The SMILES string of the molecule is CCCNCc1cc(S(=O)(=O)NCC)cc(F)c1Cl. The Kier molecular flexibility index (Phi) is 6.19. The van der Waals surface area contributed by atoms with Gasteiger partial charge in [0, 0.05) is 13.1 Å². The Morgan fingerprint density at radius 1 is 1.32 bits per heavy atom. The first-order valence-electron chi connectivity index (χ1n) is 6.10. The van der Waals surface area contributed by atoms with Crippen molar-refractivity contribution in [2.24, 2.45) is 0 Å². The van der Waals surface area contributed by atoms with Crippen molar-refractivity contribution >= 4 is 21.6 Å². The lowest BCUT2D eigenvalue weighted by Crippen LogP contribution is -2.24. The highest BCUT2D eigenvalue weighted by molar-refractivity contribution is 7.89. The van der Waals surface area contributed by atoms with Gasteiger partial charge >= 0.3 is 0 Å². The first-order valence-corrected chi connectivity index (χ1v) is 7.96. The van der Waals surface area contributed by atoms with Gasteiger partial charge in [0.25, 0.3) is 0 Å². The third kappa shape index (κ3) is 4.42. The van der Waals surface area contributed by atoms with Crippen LogP contribution in [0.4, 0.5) is 4.39 Å². The summed E-state index contributed by atoms with van der Waals surface area (Å²) in [5.74, 6) is -0.728. The maximum absolute atomic E-state index is 13.7. The van der Waals surface area contributed by atoms with Crippen molar-refractivity contribution in [3.63, 3.8) is 0 Å². The van der Waals surface area contributed by atoms with E-state index in [9.17, 15) is 12.8 Å². The summed E-state index contributed by atoms with van der Waals surface area (Å²) < 4.78 is 39.7. The molecular weight excluding hydrogens is 291 g/mol. The second-order valence-electron chi connectivity index (χ2n) is 4.06. The second kappa shape index (κ2) is 7.19. The number of benzene rings is 1. The van der Waals surface area contributed by atoms with Gasteiger partial charge in [0.1, 0.15) is 5.82 Å². The van der Waals surface area contributed by atoms with Gasteiger partial charge in [-0.05, 0) is 30.7 Å². The fourth-order valence-electron chi connectivity index (χ4n) is 1.58. The third-order valence-electron chi connectivity index (χ3n) is 2.46. The van der Waals surface area contributed by atoms with Crippen LogP contribution in [0.3, 0.4) is 0 Å². The molecule has 0 spiro atoms. The number of rotatable bonds is 7. The fourth-order valence-corrected chi connectivity index (χ4v) is 2.85. The zero-order chi connectivity index (χ0) is 14.5. The molecule has 0 heterocycles. The van der Waals surface area contributed by atoms with E-state index in [0.29, 0.717) is 12.1 Å². The number of hydrogen-bond donors (Lipinski definition) is 2. The molecule has 1 aromatic rings. The lowest BCUT2D eigenvalue weighted by molar-refractivity contribution is 0.578. The van der Waals surface area contributed by atoms with Crippen molar-refractivity contribution in [3.05, 3.63) is 28.5 Å². The normalized spacial score (nSPS) is 11.8. The van der Waals surface area contributed by atoms with E-state index in [4.69, 9.17) is 11.6 Å². The molecule has 0 saturated carbocycles. The number of halogens is 2. The summed E-state index contributed by atoms with van der Waals surface area (Å²) in [5.41, 5.74) is 0.437. The van der Waals surface area contributed by atoms with Gasteiger partial charge in [0.15, 0.2) is 0 Å². The van der Waals surface area contributed by atoms with Crippen molar-refractivity contribution in [3.8, 4) is 0 Å². The van der Waals surface area contributed by atoms with Crippen LogP contribution in [0, 0.1) is 5.82 Å². The van der Waals surface area contributed by atoms with Crippen molar-refractivity contribution in [2.75, 3.05) is 13.1 Å². The lowest BCUT2D eigenvalue weighted by Gasteiger charge is -2.10. The predicted octanol–water partition coefficient (Wildman–Crippen LogP) is 2.28. The van der Waals surface area contributed by atoms with Crippen LogP contribution < -0.4 is 10.0 Å². The molecule has 1 rings (SSSR count). The van der Waals surface area contributed by atoms with E-state index in [1.54, 1.807) is 6.92 Å². The van der Waals surface area contributed by atoms with E-state index in [-0.39, 0.29) is 16.5 Å². The standard InChI is InChI=1S/C12H18ClFN2O2S/c1-3-5-15-8-9-6-10(7-11(14)12(9)13)19(17,18)16-4-2/h6-7,15-16H,3-5,8H2,1-2H3. The Morgan fingerprint density at radius 3 is 2.58 bits per heavy atom. The summed E-state index contributed by atoms with van der Waals surface area (Å²) >= 11 is 5.84. The predicted molar refractivity (Wildman–Crippen MR) is 74.3 cm³/mol. The molecule has 2 N–H and O–H groups in total. The van der Waals surface area contributed by atoms with Crippen LogP contribution in [0.5, 0.6) is 0 Å². The van der Waals surface area contributed by atoms with Crippen molar-refractivity contribution in [1.29, 1.82) is 0 Å². The van der Waals surface area contributed by atoms with Gasteiger partial charge in [-0.3, -0.25) is 0 Å². The largest absolute Gasteiger partial charge is 0.313 e. The van der Waals surface area contributed by atoms with Crippen molar-refractivity contribution in [1.82, 2.24) is 10.0 Å². The summed E-state index contributed by atoms with van der Waals surface area (Å²) in [6, 6.07) is 2.33. The molecule has 0 aliphatic rings. The minimum absolute atomic E-state index is 0.0425. The summed E-state index contributed by atoms with van der Waals surface area (Å²) in [4.78, 5) is -0.107. The van der Waals surface area contributed by atoms with Crippen molar-refractivity contribution < 1.29 is 12.8 Å². The Morgan fingerprint density at radius 2 is 2.00 bits per heavy atom. The zero-order valence-corrected chi connectivity index (χ0v) is 12.5. The topological polar surface area (TPSA) is 58.2 Å². The Bertz CT molecular complexity index is 535. The monoisotopic (exact) mass is 308 g/mol. The number of sulfonamides is 1. The Balaban J connectivity index is 3.09. The van der Waals surface area contributed by atoms with E-state index >= 15 is 0 Å². The fraction of sp³-hybridized carbons (Fsp3) is 0.500. The van der Waals surface area contributed by atoms with Crippen LogP contribution in [0.1, 0.15) is 25.8 Å². The lowest BCUT2D eigenvalue weighted by atomic mass is 10.2. The average Bonchev–Trinajstić information content (AvgIpc) is 2.34. The van der Waals surface area contributed by atoms with Crippen LogP contribution in [0.2, 0.25) is 5.02 Å². The second-order valence-corrected chi connectivity index (χ2v) is 6.20. The molecule has 108 valence electrons. The van der Waals surface area contributed by atoms with Gasteiger partial charge < -0.3 is 5.32 Å². The number of hydrogen-bond acceptors (Lipinski definition) is 3. The molecule has 0 saturated heterocycles. The minimum atomic E-state index is -3.68. The van der Waals surface area contributed by atoms with Gasteiger partial charge in [-0.15, -0.1) is 0 Å². The average molecular weight is 309 g/mol. The minimum Gasteiger partial charge on any atom is -0.313 e. The molecule has 0 aromatic heterocycles. The maximum Gasteiger partial charge on any atom is 0.240 e. The molecule has 0 aliphatic carbocycles. The molecule has 0 bridgehead atoms. The first kappa shape index (κ1) is 16.4. The molecule has 7 heteroatoms. The molecule has 0 amide bonds. The van der Waals surface area contributed by atoms with E-state index in [0.717, 1.165) is 19.0 Å². The molecule has 19 heavy (non-hydrogen) atoms. The zero-order valence-electron chi connectivity index (χ0n) is 11.0. The quantitative estimate of drug-likeness (QED) is 0.760. The smallest absolute Gasteiger partial charge is 0.240 e. The van der Waals surface area contributed by atoms with Gasteiger partial charge in [-0.1, -0.05) is 25.4 Å². The van der Waals surface area contributed by atoms with E-state index < -0.39 is 15.8 Å². The molecular formula is C12H18ClFN2O2S. The summed E-state index contributed by atoms with van der Waals surface area (Å²) in [6.07, 6.45) is 0.926. The van der Waals surface area contributed by atoms with Gasteiger partial charge in [-0.2, -0.15) is 0 Å². The van der Waals surface area contributed by atoms with E-state index in [1.165, 1.54) is 6.07 Å². The van der Waals surface area contributed by atoms with Crippen LogP contribution in [-0.2, 0) is 16.6 Å². The molecule has 0 aliphatic heterocycles. The van der Waals surface area contributed by atoms with Crippen LogP contribution in [0.25, 0.3) is 0 Å². The maximum atomic E-state index is 13.7. The van der Waals surface area contributed by atoms with E-state index in [1.807, 2.05) is 6.92 Å². The van der Waals surface area contributed by atoms with Crippen molar-refractivity contribution in [2.45, 2.75) is 31.7 Å². The Hall–Kier alpha value is -0.690. The summed E-state index contributed by atoms with van der Waals surface area (Å²) in [5, 5.41) is 3.02. The highest BCUT2D eigenvalue weighted by Crippen LogP contribution is 2.24. The highest BCUT2D eigenvalue weighted by Gasteiger charge is 2.17.